The highest BCUT2D eigenvalue weighted by atomic mass is 127. The van der Waals surface area contributed by atoms with Crippen molar-refractivity contribution in [3.63, 3.8) is 0 Å². The van der Waals surface area contributed by atoms with E-state index in [4.69, 9.17) is 5.41 Å². The predicted molar refractivity (Wildman–Crippen MR) is 78.0 cm³/mol. The van der Waals surface area contributed by atoms with Crippen LogP contribution in [0.3, 0.4) is 0 Å². The first kappa shape index (κ1) is 13.7. The number of allylic oxidation sites excluding steroid dienone is 1. The fraction of sp³-hybridized carbons (Fsp3) is 0.400. The number of aromatic nitrogens is 2. The summed E-state index contributed by atoms with van der Waals surface area (Å²) in [5.74, 6) is 0. The minimum atomic E-state index is 0.663. The van der Waals surface area contributed by atoms with Crippen molar-refractivity contribution in [3.8, 4) is 0 Å². The molecule has 0 bridgehead atoms. The van der Waals surface area contributed by atoms with E-state index in [-0.39, 0.29) is 0 Å². The molecule has 1 heterocycles. The summed E-state index contributed by atoms with van der Waals surface area (Å²) < 4.78 is 3.78. The minimum Gasteiger partial charge on any atom is -0.379 e. The monoisotopic (exact) mass is 396 g/mol. The Kier molecular flexibility index (Phi) is 5.47. The quantitative estimate of drug-likeness (QED) is 0.456. The Morgan fingerprint density at radius 3 is 2.88 bits per heavy atom. The number of nitrogens with zero attached hydrogens (tertiary/aromatic N) is 2. The van der Waals surface area contributed by atoms with Gasteiger partial charge in [0.2, 0.25) is 0 Å². The molecule has 0 saturated heterocycles. The zero-order chi connectivity index (χ0) is 12.1. The zero-order valence-electron chi connectivity index (χ0n) is 9.22. The van der Waals surface area contributed by atoms with E-state index in [1.54, 1.807) is 4.68 Å². The fourth-order valence-electron chi connectivity index (χ4n) is 1.27. The van der Waals surface area contributed by atoms with Gasteiger partial charge in [-0.3, -0.25) is 4.68 Å². The summed E-state index contributed by atoms with van der Waals surface area (Å²) >= 11 is 5.69. The Bertz CT molecular complexity index is 411. The summed E-state index contributed by atoms with van der Waals surface area (Å²) in [5.41, 5.74) is 1.90. The summed E-state index contributed by atoms with van der Waals surface area (Å²) in [7, 11) is 1.90. The number of hydrogen-bond donors (Lipinski definition) is 2. The van der Waals surface area contributed by atoms with Gasteiger partial charge in [-0.2, -0.15) is 5.10 Å². The van der Waals surface area contributed by atoms with Gasteiger partial charge >= 0.3 is 0 Å². The first-order valence-electron chi connectivity index (χ1n) is 4.89. The van der Waals surface area contributed by atoms with Gasteiger partial charge in [0.15, 0.2) is 0 Å². The third kappa shape index (κ3) is 3.58. The highest BCUT2D eigenvalue weighted by Gasteiger charge is 2.09. The van der Waals surface area contributed by atoms with Crippen molar-refractivity contribution in [2.75, 3.05) is 6.54 Å². The van der Waals surface area contributed by atoms with Gasteiger partial charge in [-0.05, 0) is 45.4 Å². The SMILES string of the molecule is CCN/C(Br)=C(\C=N)Cc1nn(C)cc1I. The molecule has 0 saturated carbocycles. The van der Waals surface area contributed by atoms with Crippen LogP contribution in [0.5, 0.6) is 0 Å². The van der Waals surface area contributed by atoms with Gasteiger partial charge in [-0.1, -0.05) is 0 Å². The minimum absolute atomic E-state index is 0.663. The summed E-state index contributed by atoms with van der Waals surface area (Å²) in [4.78, 5) is 0. The molecular weight excluding hydrogens is 383 g/mol. The molecule has 0 unspecified atom stereocenters. The molecule has 0 amide bonds. The molecule has 0 aliphatic carbocycles. The van der Waals surface area contributed by atoms with E-state index in [2.05, 4.69) is 48.9 Å². The molecule has 4 nitrogen and oxygen atoms in total. The molecule has 88 valence electrons. The lowest BCUT2D eigenvalue weighted by atomic mass is 10.2. The number of halogens is 2. The highest BCUT2D eigenvalue weighted by molar-refractivity contribution is 14.1. The van der Waals surface area contributed by atoms with Crippen molar-refractivity contribution >= 4 is 44.7 Å². The molecule has 1 rings (SSSR count). The van der Waals surface area contributed by atoms with E-state index in [9.17, 15) is 0 Å². The molecule has 0 atom stereocenters. The Balaban J connectivity index is 2.89. The molecule has 0 radical (unpaired) electrons. The Morgan fingerprint density at radius 2 is 2.44 bits per heavy atom. The van der Waals surface area contributed by atoms with Crippen LogP contribution in [0.1, 0.15) is 12.6 Å². The van der Waals surface area contributed by atoms with Crippen LogP contribution in [0.25, 0.3) is 0 Å². The summed E-state index contributed by atoms with van der Waals surface area (Å²) in [6, 6.07) is 0. The fourth-order valence-corrected chi connectivity index (χ4v) is 2.50. The van der Waals surface area contributed by atoms with Crippen LogP contribution in [-0.2, 0) is 13.5 Å². The predicted octanol–water partition coefficient (Wildman–Crippen LogP) is 2.43. The average molecular weight is 397 g/mol. The molecule has 0 aromatic carbocycles. The van der Waals surface area contributed by atoms with E-state index in [0.717, 1.165) is 26.0 Å². The molecule has 0 fully saturated rings. The first-order chi connectivity index (χ1) is 7.58. The molecular formula is C10H14BrIN4. The van der Waals surface area contributed by atoms with Crippen molar-refractivity contribution in [2.24, 2.45) is 7.05 Å². The van der Waals surface area contributed by atoms with Crippen molar-refractivity contribution in [3.05, 3.63) is 25.6 Å². The van der Waals surface area contributed by atoms with Crippen molar-refractivity contribution in [1.82, 2.24) is 15.1 Å². The summed E-state index contributed by atoms with van der Waals surface area (Å²) in [6.45, 7) is 2.85. The largest absolute Gasteiger partial charge is 0.379 e. The van der Waals surface area contributed by atoms with Crippen molar-refractivity contribution in [2.45, 2.75) is 13.3 Å². The van der Waals surface area contributed by atoms with Crippen LogP contribution in [0.15, 0.2) is 16.4 Å². The molecule has 16 heavy (non-hydrogen) atoms. The molecule has 1 aromatic rings. The Hall–Kier alpha value is -0.370. The van der Waals surface area contributed by atoms with E-state index in [0.29, 0.717) is 6.42 Å². The molecule has 0 aliphatic rings. The maximum Gasteiger partial charge on any atom is 0.0831 e. The van der Waals surface area contributed by atoms with E-state index < -0.39 is 0 Å². The highest BCUT2D eigenvalue weighted by Crippen LogP contribution is 2.16. The van der Waals surface area contributed by atoms with Gasteiger partial charge in [0.1, 0.15) is 0 Å². The molecule has 0 spiro atoms. The normalized spacial score (nSPS) is 12.2. The maximum absolute atomic E-state index is 7.41. The standard InChI is InChI=1S/C10H14BrIN4/c1-3-14-10(11)7(5-13)4-9-8(12)6-16(2)15-9/h5-6,13-14H,3-4H2,1-2H3/b10-7-,13-5?. The van der Waals surface area contributed by atoms with Gasteiger partial charge in [0.05, 0.1) is 13.9 Å². The number of rotatable bonds is 5. The van der Waals surface area contributed by atoms with Crippen LogP contribution in [0, 0.1) is 8.98 Å². The smallest absolute Gasteiger partial charge is 0.0831 e. The number of aryl methyl sites for hydroxylation is 1. The first-order valence-corrected chi connectivity index (χ1v) is 6.76. The lowest BCUT2D eigenvalue weighted by Crippen LogP contribution is -2.12. The summed E-state index contributed by atoms with van der Waals surface area (Å²) in [5, 5.41) is 14.9. The second-order valence-electron chi connectivity index (χ2n) is 3.29. The molecule has 0 aliphatic heterocycles. The van der Waals surface area contributed by atoms with Gasteiger partial charge < -0.3 is 10.7 Å². The van der Waals surface area contributed by atoms with Crippen LogP contribution >= 0.6 is 38.5 Å². The second kappa shape index (κ2) is 6.39. The summed E-state index contributed by atoms with van der Waals surface area (Å²) in [6.07, 6.45) is 3.99. The number of hydrogen-bond acceptors (Lipinski definition) is 3. The maximum atomic E-state index is 7.41. The van der Waals surface area contributed by atoms with Gasteiger partial charge in [-0.25, -0.2) is 0 Å². The molecule has 2 N–H and O–H groups in total. The zero-order valence-corrected chi connectivity index (χ0v) is 13.0. The van der Waals surface area contributed by atoms with Crippen LogP contribution in [0.4, 0.5) is 0 Å². The third-order valence-electron chi connectivity index (χ3n) is 2.00. The number of nitrogens with one attached hydrogen (secondary N) is 2. The average Bonchev–Trinajstić information content (AvgIpc) is 2.54. The van der Waals surface area contributed by atoms with Gasteiger partial charge in [0, 0.05) is 38.0 Å². The van der Waals surface area contributed by atoms with E-state index in [1.165, 1.54) is 6.21 Å². The Morgan fingerprint density at radius 1 is 1.75 bits per heavy atom. The lowest BCUT2D eigenvalue weighted by Gasteiger charge is -2.06. The van der Waals surface area contributed by atoms with E-state index >= 15 is 0 Å². The Labute approximate surface area is 117 Å². The van der Waals surface area contributed by atoms with Gasteiger partial charge in [-0.15, -0.1) is 0 Å². The lowest BCUT2D eigenvalue weighted by molar-refractivity contribution is 0.749. The van der Waals surface area contributed by atoms with Crippen LogP contribution < -0.4 is 5.32 Å². The van der Waals surface area contributed by atoms with Crippen molar-refractivity contribution in [1.29, 1.82) is 5.41 Å². The molecule has 1 aromatic heterocycles. The van der Waals surface area contributed by atoms with Gasteiger partial charge in [0.25, 0.3) is 0 Å². The third-order valence-corrected chi connectivity index (χ3v) is 3.69. The molecule has 6 heteroatoms. The van der Waals surface area contributed by atoms with Crippen LogP contribution in [0.2, 0.25) is 0 Å². The van der Waals surface area contributed by atoms with Crippen molar-refractivity contribution < 1.29 is 0 Å². The second-order valence-corrected chi connectivity index (χ2v) is 5.24. The topological polar surface area (TPSA) is 53.7 Å². The van der Waals surface area contributed by atoms with Crippen LogP contribution in [-0.4, -0.2) is 22.5 Å². The van der Waals surface area contributed by atoms with E-state index in [1.807, 2.05) is 20.2 Å².